The first-order chi connectivity index (χ1) is 8.59. The summed E-state index contributed by atoms with van der Waals surface area (Å²) in [5.41, 5.74) is 0.642. The molecular formula is C16H12O3U2. The number of aromatic hydroxyl groups is 2. The quantitative estimate of drug-likeness (QED) is 0.222. The van der Waals surface area contributed by atoms with E-state index in [0.717, 1.165) is 0 Å². The summed E-state index contributed by atoms with van der Waals surface area (Å²) in [5.74, 6) is -0.984. The van der Waals surface area contributed by atoms with E-state index in [9.17, 15) is 15.0 Å². The van der Waals surface area contributed by atoms with E-state index in [1.807, 2.05) is 0 Å². The van der Waals surface area contributed by atoms with Crippen molar-refractivity contribution in [2.24, 2.45) is 0 Å². The Kier molecular flexibility index (Phi) is 11.2. The smallest absolute Gasteiger partial charge is 0.505 e. The summed E-state index contributed by atoms with van der Waals surface area (Å²) >= 11 is 0. The zero-order valence-corrected chi connectivity index (χ0v) is 19.7. The minimum Gasteiger partial charge on any atom is -0.505 e. The van der Waals surface area contributed by atoms with E-state index in [1.165, 1.54) is 24.3 Å². The first-order valence-electron chi connectivity index (χ1n) is 5.17. The van der Waals surface area contributed by atoms with Crippen LogP contribution in [0.3, 0.4) is 0 Å². The van der Waals surface area contributed by atoms with Crippen molar-refractivity contribution in [3.8, 4) is 11.5 Å². The Morgan fingerprint density at radius 1 is 1.10 bits per heavy atom. The van der Waals surface area contributed by atoms with Crippen molar-refractivity contribution in [3.63, 3.8) is 0 Å². The summed E-state index contributed by atoms with van der Waals surface area (Å²) in [7, 11) is 0. The van der Waals surface area contributed by atoms with Crippen LogP contribution in [-0.4, -0.2) is 16.0 Å². The van der Waals surface area contributed by atoms with Gasteiger partial charge in [-0.2, -0.15) is 5.57 Å². The molecule has 2 rings (SSSR count). The number of carbonyl (C=O) groups excluding carboxylic acids is 1. The Morgan fingerprint density at radius 3 is 2.29 bits per heavy atom. The number of ketones is 1. The summed E-state index contributed by atoms with van der Waals surface area (Å²) in [6, 6.07) is 14.1. The SMILES string of the molecule is [CH-]=C(C(=O)c1[c-]c[c-]cc1)c1ccc(O)c(O)c1.[CH3-].[U+2].[U+2]. The fraction of sp³-hybridized carbons (Fsp3) is 0. The van der Waals surface area contributed by atoms with Gasteiger partial charge in [0.05, 0.1) is 0 Å². The van der Waals surface area contributed by atoms with E-state index in [0.29, 0.717) is 11.1 Å². The first-order valence-corrected chi connectivity index (χ1v) is 5.17. The molecular weight excluding hydrogens is 716 g/mol. The molecule has 3 nitrogen and oxygen atoms in total. The Morgan fingerprint density at radius 2 is 1.76 bits per heavy atom. The summed E-state index contributed by atoms with van der Waals surface area (Å²) in [5, 5.41) is 18.5. The topological polar surface area (TPSA) is 57.5 Å². The number of hydrogen-bond donors (Lipinski definition) is 2. The number of phenols is 2. The summed E-state index contributed by atoms with van der Waals surface area (Å²) in [6.45, 7) is 5.73. The number of rotatable bonds is 3. The van der Waals surface area contributed by atoms with Gasteiger partial charge in [0.25, 0.3) is 0 Å². The molecule has 0 spiro atoms. The predicted molar refractivity (Wildman–Crippen MR) is 72.3 cm³/mol. The molecule has 0 radical (unpaired) electrons. The maximum atomic E-state index is 12.0. The second-order valence-electron chi connectivity index (χ2n) is 3.65. The fourth-order valence-electron chi connectivity index (χ4n) is 1.46. The third kappa shape index (κ3) is 5.69. The molecule has 5 heteroatoms. The molecule has 0 aliphatic heterocycles. The Labute approximate surface area is 172 Å². The van der Waals surface area contributed by atoms with E-state index in [2.05, 4.69) is 12.1 Å². The third-order valence-electron chi connectivity index (χ3n) is 2.43. The number of phenolic OH excluding ortho intramolecular Hbond substituents is 2. The standard InChI is InChI=1S/C15H9O3.CH3.2U/c1-10(12-7-8-13(16)14(17)9-12)15(18)11-5-3-2-4-6-11;;;/h1,3-5,7-9,16-17H;1H3;;/q-3;-1;2*+2. The maximum Gasteiger partial charge on any atom is 2.00 e. The van der Waals surface area contributed by atoms with Gasteiger partial charge in [0.2, 0.25) is 0 Å². The zero-order chi connectivity index (χ0) is 13.1. The molecule has 0 unspecified atom stereocenters. The molecule has 0 heterocycles. The number of Topliss-reactive ketones (excluding diaryl/α,β-unsaturated/α-hetero) is 1. The molecule has 0 aliphatic rings. The predicted octanol–water partition coefficient (Wildman–Crippen LogP) is 2.85. The minimum atomic E-state index is -0.394. The molecule has 102 valence electrons. The van der Waals surface area contributed by atoms with Crippen molar-refractivity contribution in [2.45, 2.75) is 0 Å². The van der Waals surface area contributed by atoms with Gasteiger partial charge in [-0.15, -0.1) is 11.6 Å². The number of carbonyl (C=O) groups is 1. The zero-order valence-electron chi connectivity index (χ0n) is 11.3. The molecule has 0 saturated carbocycles. The molecule has 2 aromatic rings. The van der Waals surface area contributed by atoms with Crippen molar-refractivity contribution in [1.82, 2.24) is 0 Å². The Bertz CT molecular complexity index is 610. The average Bonchev–Trinajstić information content (AvgIpc) is 2.41. The fourth-order valence-corrected chi connectivity index (χ4v) is 1.46. The molecule has 2 N–H and O–H groups in total. The molecule has 21 heavy (non-hydrogen) atoms. The van der Waals surface area contributed by atoms with Crippen molar-refractivity contribution < 1.29 is 77.2 Å². The summed E-state index contributed by atoms with van der Waals surface area (Å²) in [6.07, 6.45) is 0. The molecule has 0 amide bonds. The van der Waals surface area contributed by atoms with Crippen LogP contribution in [0.2, 0.25) is 0 Å². The van der Waals surface area contributed by atoms with Gasteiger partial charge in [0.1, 0.15) is 5.75 Å². The summed E-state index contributed by atoms with van der Waals surface area (Å²) < 4.78 is 0. The van der Waals surface area contributed by atoms with Gasteiger partial charge in [-0.05, 0) is 11.8 Å². The first kappa shape index (κ1) is 22.8. The van der Waals surface area contributed by atoms with Gasteiger partial charge >= 0.3 is 62.2 Å². The molecule has 0 aromatic heterocycles. The van der Waals surface area contributed by atoms with Gasteiger partial charge in [-0.3, -0.25) is 12.1 Å². The van der Waals surface area contributed by atoms with E-state index in [4.69, 9.17) is 6.58 Å². The second kappa shape index (κ2) is 10.3. The van der Waals surface area contributed by atoms with Crippen LogP contribution in [0.25, 0.3) is 5.57 Å². The van der Waals surface area contributed by atoms with Crippen LogP contribution in [0.4, 0.5) is 0 Å². The van der Waals surface area contributed by atoms with Crippen LogP contribution in [-0.2, 0) is 0 Å². The van der Waals surface area contributed by atoms with Gasteiger partial charge in [0.15, 0.2) is 5.75 Å². The van der Waals surface area contributed by atoms with E-state index in [1.54, 1.807) is 12.1 Å². The van der Waals surface area contributed by atoms with Crippen LogP contribution >= 0.6 is 0 Å². The second-order valence-corrected chi connectivity index (χ2v) is 3.65. The van der Waals surface area contributed by atoms with Crippen molar-refractivity contribution in [3.05, 3.63) is 73.7 Å². The maximum absolute atomic E-state index is 12.0. The van der Waals surface area contributed by atoms with Gasteiger partial charge < -0.3 is 22.4 Å². The molecule has 0 aliphatic carbocycles. The molecule has 0 saturated heterocycles. The van der Waals surface area contributed by atoms with E-state index < -0.39 is 5.78 Å². The summed E-state index contributed by atoms with van der Waals surface area (Å²) in [4.78, 5) is 12.0. The third-order valence-corrected chi connectivity index (χ3v) is 2.43. The molecule has 0 fully saturated rings. The molecule has 2 aromatic carbocycles. The van der Waals surface area contributed by atoms with Gasteiger partial charge in [-0.25, -0.2) is 30.3 Å². The van der Waals surface area contributed by atoms with Crippen LogP contribution in [0.5, 0.6) is 11.5 Å². The molecule has 0 bridgehead atoms. The van der Waals surface area contributed by atoms with Crippen molar-refractivity contribution in [2.75, 3.05) is 0 Å². The number of benzene rings is 2. The van der Waals surface area contributed by atoms with Gasteiger partial charge in [0, 0.05) is 0 Å². The van der Waals surface area contributed by atoms with Crippen LogP contribution in [0.1, 0.15) is 15.9 Å². The Hall–Kier alpha value is -0.446. The van der Waals surface area contributed by atoms with Crippen molar-refractivity contribution >= 4 is 11.4 Å². The molecule has 0 atom stereocenters. The normalized spacial score (nSPS) is 8.57. The van der Waals surface area contributed by atoms with Gasteiger partial charge in [-0.1, -0.05) is 6.07 Å². The van der Waals surface area contributed by atoms with Crippen molar-refractivity contribution in [1.29, 1.82) is 0 Å². The number of hydrogen-bond acceptors (Lipinski definition) is 3. The Balaban J connectivity index is 0. The average molecular weight is 728 g/mol. The van der Waals surface area contributed by atoms with Crippen LogP contribution in [0.15, 0.2) is 36.4 Å². The van der Waals surface area contributed by atoms with Crippen LogP contribution in [0, 0.1) is 88.4 Å². The van der Waals surface area contributed by atoms with Crippen LogP contribution < -0.4 is 0 Å². The monoisotopic (exact) mass is 728 g/mol. The van der Waals surface area contributed by atoms with E-state index in [-0.39, 0.29) is 86.7 Å². The minimum absolute atomic E-state index is 0. The largest absolute Gasteiger partial charge is 2.00 e. The number of allylic oxidation sites excluding steroid dienone is 1. The van der Waals surface area contributed by atoms with E-state index >= 15 is 0 Å².